The molecular formula is C33H36F3N5O3. The van der Waals surface area contributed by atoms with Gasteiger partial charge in [0, 0.05) is 42.9 Å². The molecule has 4 heterocycles. The molecular weight excluding hydrogens is 571 g/mol. The molecule has 2 aromatic heterocycles. The van der Waals surface area contributed by atoms with Gasteiger partial charge in [0.05, 0.1) is 12.2 Å². The summed E-state index contributed by atoms with van der Waals surface area (Å²) in [5.74, 6) is 1.57. The second kappa shape index (κ2) is 10.5. The van der Waals surface area contributed by atoms with Crippen molar-refractivity contribution in [2.45, 2.75) is 70.7 Å². The summed E-state index contributed by atoms with van der Waals surface area (Å²) in [6.45, 7) is 8.43. The predicted molar refractivity (Wildman–Crippen MR) is 160 cm³/mol. The van der Waals surface area contributed by atoms with Crippen LogP contribution in [0.2, 0.25) is 0 Å². The van der Waals surface area contributed by atoms with Gasteiger partial charge in [-0.25, -0.2) is 9.97 Å². The number of hydrogen-bond donors (Lipinski definition) is 2. The van der Waals surface area contributed by atoms with E-state index < -0.39 is 17.3 Å². The maximum absolute atomic E-state index is 13.4. The van der Waals surface area contributed by atoms with E-state index in [-0.39, 0.29) is 34.7 Å². The molecule has 0 aliphatic carbocycles. The van der Waals surface area contributed by atoms with Crippen LogP contribution < -0.4 is 10.5 Å². The lowest BCUT2D eigenvalue weighted by Gasteiger charge is -2.39. The number of aromatic nitrogens is 3. The highest BCUT2D eigenvalue weighted by Gasteiger charge is 2.48. The van der Waals surface area contributed by atoms with Crippen molar-refractivity contribution in [2.75, 3.05) is 18.9 Å². The molecule has 232 valence electrons. The number of imidazole rings is 1. The Bertz CT molecular complexity index is 1750. The SMILES string of the molecule is CCOc1cc(C(C)(O)c2cccc(C(F)(F)F)c2)ccc1-c1nc([C@@H]2CC[C@@H]3N(C2)C(=O)CC3(C)C)n2ccnc(N)c12. The standard InChI is InChI=1S/C33H36F3N5O3/c1-5-44-24-16-21(32(4,43)20-7-6-8-22(15-20)33(34,35)36)10-11-23(24)27-28-29(37)38-13-14-40(28)30(39-27)19-9-12-25-31(2,3)17-26(42)41(25)18-19/h6-8,10-11,13-16,19,25,43H,5,9,12,17-18H2,1-4H3,(H2,37,38)/t19-,25+,32?/m1/s1. The van der Waals surface area contributed by atoms with Crippen molar-refractivity contribution in [1.82, 2.24) is 19.3 Å². The van der Waals surface area contributed by atoms with E-state index in [4.69, 9.17) is 15.5 Å². The number of nitrogen functional groups attached to an aromatic ring is 1. The van der Waals surface area contributed by atoms with Gasteiger partial charge >= 0.3 is 6.18 Å². The number of piperidine rings is 1. The zero-order valence-electron chi connectivity index (χ0n) is 25.2. The number of hydrogen-bond acceptors (Lipinski definition) is 6. The normalized spacial score (nSPS) is 21.4. The molecule has 1 amide bonds. The van der Waals surface area contributed by atoms with Crippen molar-refractivity contribution in [3.8, 4) is 17.0 Å². The summed E-state index contributed by atoms with van der Waals surface area (Å²) in [7, 11) is 0. The van der Waals surface area contributed by atoms with Crippen LogP contribution in [0.3, 0.4) is 0 Å². The monoisotopic (exact) mass is 607 g/mol. The molecule has 2 aromatic carbocycles. The number of amides is 1. The van der Waals surface area contributed by atoms with E-state index in [1.807, 2.05) is 22.4 Å². The number of anilines is 1. The minimum absolute atomic E-state index is 0.0244. The molecule has 44 heavy (non-hydrogen) atoms. The Hall–Kier alpha value is -4.12. The first-order valence-electron chi connectivity index (χ1n) is 14.8. The van der Waals surface area contributed by atoms with E-state index in [0.29, 0.717) is 47.7 Å². The fourth-order valence-electron chi connectivity index (χ4n) is 6.90. The maximum atomic E-state index is 13.4. The van der Waals surface area contributed by atoms with Crippen molar-refractivity contribution in [3.63, 3.8) is 0 Å². The number of nitrogens with two attached hydrogens (primary N) is 1. The summed E-state index contributed by atoms with van der Waals surface area (Å²) >= 11 is 0. The number of rotatable bonds is 6. The number of carbonyl (C=O) groups excluding carboxylic acids is 1. The molecule has 8 nitrogen and oxygen atoms in total. The molecule has 3 N–H and O–H groups in total. The topological polar surface area (TPSA) is 106 Å². The molecule has 11 heteroatoms. The molecule has 2 fully saturated rings. The first kappa shape index (κ1) is 29.9. The Morgan fingerprint density at radius 3 is 2.57 bits per heavy atom. The van der Waals surface area contributed by atoms with Gasteiger partial charge in [-0.2, -0.15) is 13.2 Å². The van der Waals surface area contributed by atoms with Crippen LogP contribution in [0.1, 0.15) is 75.4 Å². The summed E-state index contributed by atoms with van der Waals surface area (Å²) < 4.78 is 48.2. The fraction of sp³-hybridized carbons (Fsp3) is 0.424. The molecule has 2 saturated heterocycles. The van der Waals surface area contributed by atoms with Crippen molar-refractivity contribution < 1.29 is 27.8 Å². The number of aliphatic hydroxyl groups is 1. The van der Waals surface area contributed by atoms with Crippen LogP contribution in [0.25, 0.3) is 16.8 Å². The Balaban J connectivity index is 1.43. The second-order valence-corrected chi connectivity index (χ2v) is 12.6. The molecule has 0 bridgehead atoms. The number of benzene rings is 2. The third-order valence-electron chi connectivity index (χ3n) is 9.24. The van der Waals surface area contributed by atoms with E-state index in [0.717, 1.165) is 30.8 Å². The summed E-state index contributed by atoms with van der Waals surface area (Å²) in [4.78, 5) is 24.3. The number of alkyl halides is 3. The van der Waals surface area contributed by atoms with E-state index >= 15 is 0 Å². The van der Waals surface area contributed by atoms with Crippen molar-refractivity contribution in [1.29, 1.82) is 0 Å². The predicted octanol–water partition coefficient (Wildman–Crippen LogP) is 6.16. The third kappa shape index (κ3) is 4.96. The van der Waals surface area contributed by atoms with Crippen LogP contribution >= 0.6 is 0 Å². The van der Waals surface area contributed by atoms with Gasteiger partial charge in [0.1, 0.15) is 34.2 Å². The average molecular weight is 608 g/mol. The molecule has 0 radical (unpaired) electrons. The smallest absolute Gasteiger partial charge is 0.416 e. The number of nitrogens with zero attached hydrogens (tertiary/aromatic N) is 4. The number of fused-ring (bicyclic) bond motifs is 2. The van der Waals surface area contributed by atoms with Gasteiger partial charge < -0.3 is 20.5 Å². The van der Waals surface area contributed by atoms with Crippen molar-refractivity contribution >= 4 is 17.2 Å². The minimum atomic E-state index is -4.54. The maximum Gasteiger partial charge on any atom is 0.416 e. The van der Waals surface area contributed by atoms with E-state index in [1.54, 1.807) is 24.4 Å². The Morgan fingerprint density at radius 2 is 1.84 bits per heavy atom. The van der Waals surface area contributed by atoms with Gasteiger partial charge in [0.15, 0.2) is 0 Å². The quantitative estimate of drug-likeness (QED) is 0.272. The van der Waals surface area contributed by atoms with E-state index in [9.17, 15) is 23.1 Å². The Morgan fingerprint density at radius 1 is 1.11 bits per heavy atom. The number of carbonyl (C=O) groups is 1. The van der Waals surface area contributed by atoms with Crippen LogP contribution in [0.4, 0.5) is 19.0 Å². The largest absolute Gasteiger partial charge is 0.493 e. The molecule has 4 aromatic rings. The van der Waals surface area contributed by atoms with Crippen LogP contribution in [0.15, 0.2) is 54.9 Å². The zero-order valence-corrected chi connectivity index (χ0v) is 25.2. The lowest BCUT2D eigenvalue weighted by molar-refractivity contribution is -0.137. The molecule has 0 spiro atoms. The molecule has 3 atom stereocenters. The number of ether oxygens (including phenoxy) is 1. The van der Waals surface area contributed by atoms with Crippen LogP contribution in [0, 0.1) is 5.41 Å². The van der Waals surface area contributed by atoms with Gasteiger partial charge in [-0.3, -0.25) is 9.20 Å². The second-order valence-electron chi connectivity index (χ2n) is 12.6. The minimum Gasteiger partial charge on any atom is -0.493 e. The highest BCUT2D eigenvalue weighted by atomic mass is 19.4. The molecule has 1 unspecified atom stereocenters. The van der Waals surface area contributed by atoms with Gasteiger partial charge in [0.25, 0.3) is 0 Å². The van der Waals surface area contributed by atoms with Crippen LogP contribution in [-0.2, 0) is 16.6 Å². The molecule has 0 saturated carbocycles. The van der Waals surface area contributed by atoms with Gasteiger partial charge in [0.2, 0.25) is 5.91 Å². The third-order valence-corrected chi connectivity index (χ3v) is 9.24. The van der Waals surface area contributed by atoms with E-state index in [2.05, 4.69) is 18.8 Å². The first-order chi connectivity index (χ1) is 20.7. The average Bonchev–Trinajstić information content (AvgIpc) is 3.47. The Kier molecular flexibility index (Phi) is 7.14. The van der Waals surface area contributed by atoms with Gasteiger partial charge in [-0.1, -0.05) is 32.0 Å². The highest BCUT2D eigenvalue weighted by molar-refractivity contribution is 5.88. The zero-order chi connectivity index (χ0) is 31.6. The van der Waals surface area contributed by atoms with Crippen LogP contribution in [0.5, 0.6) is 5.75 Å². The van der Waals surface area contributed by atoms with E-state index in [1.165, 1.54) is 19.1 Å². The van der Waals surface area contributed by atoms with Crippen molar-refractivity contribution in [3.05, 3.63) is 77.4 Å². The molecule has 2 aliphatic rings. The lowest BCUT2D eigenvalue weighted by Crippen LogP contribution is -2.44. The Labute approximate surface area is 253 Å². The fourth-order valence-corrected chi connectivity index (χ4v) is 6.90. The van der Waals surface area contributed by atoms with Crippen molar-refractivity contribution in [2.24, 2.45) is 5.41 Å². The van der Waals surface area contributed by atoms with Crippen LogP contribution in [-0.4, -0.2) is 49.5 Å². The number of halogens is 3. The molecule has 2 aliphatic heterocycles. The molecule has 6 rings (SSSR count). The summed E-state index contributed by atoms with van der Waals surface area (Å²) in [6, 6.07) is 9.90. The van der Waals surface area contributed by atoms with Gasteiger partial charge in [-0.15, -0.1) is 0 Å². The van der Waals surface area contributed by atoms with Gasteiger partial charge in [-0.05, 0) is 67.5 Å². The lowest BCUT2D eigenvalue weighted by atomic mass is 9.79. The summed E-state index contributed by atoms with van der Waals surface area (Å²) in [5.41, 5.74) is 5.94. The first-order valence-corrected chi connectivity index (χ1v) is 14.8. The summed E-state index contributed by atoms with van der Waals surface area (Å²) in [5, 5.41) is 11.5. The highest BCUT2D eigenvalue weighted by Crippen LogP contribution is 2.46. The summed E-state index contributed by atoms with van der Waals surface area (Å²) in [6.07, 6.45) is 1.15.